The van der Waals surface area contributed by atoms with E-state index in [2.05, 4.69) is 15.4 Å². The number of hydrogen-bond donors (Lipinski definition) is 1. The Morgan fingerprint density at radius 1 is 1.05 bits per heavy atom. The molecule has 5 rings (SSSR count). The molecule has 2 aliphatic carbocycles. The largest absolute Gasteiger partial charge is 0.442 e. The molecule has 3 aliphatic rings. The van der Waals surface area contributed by atoms with Crippen molar-refractivity contribution in [1.82, 2.24) is 19.7 Å². The standard InChI is InChI=1S/C30H40F3N5O5/c1-28(2,3)43-27(41)38-22-9-10-24(35-21(22)16-34-38)36-25(39)23-15-19(31)17-37(23)26(40)29(11-13-30(32,33)14-12-29)18-5-7-20(42-4)8-6-18/h9-10,16,18-20,23H,5-8,11-15,17H2,1-4H3,(H,35,36,39)/t18?,19-,20?,23-/m1/s1. The van der Waals surface area contributed by atoms with Crippen molar-refractivity contribution >= 4 is 34.8 Å². The zero-order valence-electron chi connectivity index (χ0n) is 25.1. The number of hydrogen-bond acceptors (Lipinski definition) is 7. The molecule has 2 saturated carbocycles. The van der Waals surface area contributed by atoms with Gasteiger partial charge in [-0.25, -0.2) is 22.9 Å². The molecule has 1 N–H and O–H groups in total. The maximum Gasteiger partial charge on any atom is 0.435 e. The number of pyridine rings is 1. The van der Waals surface area contributed by atoms with E-state index < -0.39 is 59.9 Å². The van der Waals surface area contributed by atoms with Crippen LogP contribution in [0.25, 0.3) is 11.0 Å². The van der Waals surface area contributed by atoms with Gasteiger partial charge >= 0.3 is 6.09 Å². The summed E-state index contributed by atoms with van der Waals surface area (Å²) in [5.74, 6) is -3.87. The summed E-state index contributed by atoms with van der Waals surface area (Å²) in [6.45, 7) is 4.94. The summed E-state index contributed by atoms with van der Waals surface area (Å²) in [5, 5.41) is 6.73. The van der Waals surface area contributed by atoms with Crippen molar-refractivity contribution in [3.05, 3.63) is 18.3 Å². The number of nitrogens with zero attached hydrogens (tertiary/aromatic N) is 4. The molecule has 2 amide bonds. The van der Waals surface area contributed by atoms with Crippen molar-refractivity contribution in [3.63, 3.8) is 0 Å². The number of rotatable bonds is 5. The predicted octanol–water partition coefficient (Wildman–Crippen LogP) is 5.49. The number of likely N-dealkylation sites (tertiary alicyclic amines) is 1. The molecule has 0 unspecified atom stereocenters. The molecule has 1 saturated heterocycles. The minimum atomic E-state index is -2.85. The zero-order chi connectivity index (χ0) is 31.2. The fraction of sp³-hybridized carbons (Fsp3) is 0.700. The molecule has 0 spiro atoms. The van der Waals surface area contributed by atoms with Crippen molar-refractivity contribution in [2.45, 2.75) is 108 Å². The minimum absolute atomic E-state index is 0.00278. The van der Waals surface area contributed by atoms with Crippen molar-refractivity contribution in [2.24, 2.45) is 11.3 Å². The Morgan fingerprint density at radius 3 is 2.35 bits per heavy atom. The lowest BCUT2D eigenvalue weighted by atomic mass is 9.60. The maximum absolute atomic E-state index is 14.9. The molecule has 2 aromatic heterocycles. The number of amides is 2. The van der Waals surface area contributed by atoms with E-state index in [0.717, 1.165) is 17.5 Å². The lowest BCUT2D eigenvalue weighted by Gasteiger charge is -2.48. The highest BCUT2D eigenvalue weighted by Crippen LogP contribution is 2.53. The number of nitrogens with one attached hydrogen (secondary N) is 1. The van der Waals surface area contributed by atoms with E-state index in [1.165, 1.54) is 17.2 Å². The number of ether oxygens (including phenoxy) is 2. The monoisotopic (exact) mass is 607 g/mol. The molecular weight excluding hydrogens is 567 g/mol. The summed E-state index contributed by atoms with van der Waals surface area (Å²) in [7, 11) is 1.64. The summed E-state index contributed by atoms with van der Waals surface area (Å²) in [6.07, 6.45) is 1.07. The lowest BCUT2D eigenvalue weighted by Crippen LogP contribution is -2.55. The summed E-state index contributed by atoms with van der Waals surface area (Å²) >= 11 is 0. The van der Waals surface area contributed by atoms with E-state index in [0.29, 0.717) is 23.9 Å². The molecule has 43 heavy (non-hydrogen) atoms. The summed E-state index contributed by atoms with van der Waals surface area (Å²) in [6, 6.07) is 1.92. The smallest absolute Gasteiger partial charge is 0.435 e. The SMILES string of the molecule is COC1CCC(C2(C(=O)N3C[C@H](F)C[C@@H]3C(=O)Nc3ccc4c(cnn4C(=O)OC(C)(C)C)n3)CCC(F)(F)CC2)CC1. The molecule has 2 atom stereocenters. The first-order valence-electron chi connectivity index (χ1n) is 15.0. The molecule has 13 heteroatoms. The molecule has 0 aromatic carbocycles. The fourth-order valence-electron chi connectivity index (χ4n) is 6.90. The average Bonchev–Trinajstić information content (AvgIpc) is 3.55. The van der Waals surface area contributed by atoms with Gasteiger partial charge < -0.3 is 19.7 Å². The Balaban J connectivity index is 1.34. The minimum Gasteiger partial charge on any atom is -0.442 e. The molecule has 3 heterocycles. The van der Waals surface area contributed by atoms with Crippen molar-refractivity contribution in [1.29, 1.82) is 0 Å². The number of aromatic nitrogens is 3. The van der Waals surface area contributed by atoms with Crippen LogP contribution in [0.3, 0.4) is 0 Å². The van der Waals surface area contributed by atoms with Gasteiger partial charge in [0.2, 0.25) is 17.7 Å². The molecule has 236 valence electrons. The number of halogens is 3. The third-order valence-electron chi connectivity index (χ3n) is 9.15. The Kier molecular flexibility index (Phi) is 8.49. The van der Waals surface area contributed by atoms with Crippen LogP contribution in [0.5, 0.6) is 0 Å². The van der Waals surface area contributed by atoms with Crippen molar-refractivity contribution < 1.29 is 37.0 Å². The van der Waals surface area contributed by atoms with Crippen LogP contribution in [0.2, 0.25) is 0 Å². The third kappa shape index (κ3) is 6.51. The Labute approximate surface area is 248 Å². The second-order valence-corrected chi connectivity index (χ2v) is 13.2. The maximum atomic E-state index is 14.9. The first-order valence-corrected chi connectivity index (χ1v) is 15.0. The van der Waals surface area contributed by atoms with E-state index >= 15 is 0 Å². The van der Waals surface area contributed by atoms with Crippen LogP contribution in [0, 0.1) is 11.3 Å². The molecule has 1 aliphatic heterocycles. The number of alkyl halides is 3. The summed E-state index contributed by atoms with van der Waals surface area (Å²) in [4.78, 5) is 45.9. The van der Waals surface area contributed by atoms with E-state index in [1.54, 1.807) is 33.9 Å². The quantitative estimate of drug-likeness (QED) is 0.478. The van der Waals surface area contributed by atoms with Crippen LogP contribution in [0.4, 0.5) is 23.8 Å². The van der Waals surface area contributed by atoms with Gasteiger partial charge in [0.25, 0.3) is 0 Å². The van der Waals surface area contributed by atoms with Gasteiger partial charge in [-0.2, -0.15) is 9.78 Å². The van der Waals surface area contributed by atoms with E-state index in [-0.39, 0.29) is 43.6 Å². The molecule has 10 nitrogen and oxygen atoms in total. The highest BCUT2D eigenvalue weighted by atomic mass is 19.3. The van der Waals surface area contributed by atoms with Crippen LogP contribution < -0.4 is 5.32 Å². The zero-order valence-corrected chi connectivity index (χ0v) is 25.1. The van der Waals surface area contributed by atoms with E-state index in [9.17, 15) is 27.6 Å². The lowest BCUT2D eigenvalue weighted by molar-refractivity contribution is -0.161. The van der Waals surface area contributed by atoms with Crippen LogP contribution in [0.1, 0.15) is 78.6 Å². The summed E-state index contributed by atoms with van der Waals surface area (Å²) < 4.78 is 55.4. The second kappa shape index (κ2) is 11.7. The molecular formula is C30H40F3N5O5. The number of methoxy groups -OCH3 is 1. The van der Waals surface area contributed by atoms with E-state index in [1.807, 2.05) is 0 Å². The van der Waals surface area contributed by atoms with Gasteiger partial charge in [0.15, 0.2) is 0 Å². The Morgan fingerprint density at radius 2 is 1.72 bits per heavy atom. The van der Waals surface area contributed by atoms with Crippen LogP contribution >= 0.6 is 0 Å². The molecule has 3 fully saturated rings. The molecule has 0 radical (unpaired) electrons. The van der Waals surface area contributed by atoms with Crippen molar-refractivity contribution in [3.8, 4) is 0 Å². The van der Waals surface area contributed by atoms with Crippen LogP contribution in [-0.2, 0) is 19.1 Å². The van der Waals surface area contributed by atoms with Gasteiger partial charge in [-0.15, -0.1) is 0 Å². The van der Waals surface area contributed by atoms with Crippen LogP contribution in [0.15, 0.2) is 18.3 Å². The molecule has 0 bridgehead atoms. The second-order valence-electron chi connectivity index (χ2n) is 13.2. The highest BCUT2D eigenvalue weighted by Gasteiger charge is 2.56. The van der Waals surface area contributed by atoms with Gasteiger partial charge in [-0.05, 0) is 77.3 Å². The van der Waals surface area contributed by atoms with Crippen LogP contribution in [-0.4, -0.2) is 81.1 Å². The highest BCUT2D eigenvalue weighted by molar-refractivity contribution is 5.99. The Hall–Kier alpha value is -3.22. The number of fused-ring (bicyclic) bond motifs is 1. The Bertz CT molecular complexity index is 1360. The summed E-state index contributed by atoms with van der Waals surface area (Å²) in [5.41, 5.74) is -1.11. The average molecular weight is 608 g/mol. The first-order chi connectivity index (χ1) is 20.2. The predicted molar refractivity (Wildman–Crippen MR) is 151 cm³/mol. The normalized spacial score (nSPS) is 27.2. The third-order valence-corrected chi connectivity index (χ3v) is 9.15. The number of carbonyl (C=O) groups is 3. The topological polar surface area (TPSA) is 116 Å². The van der Waals surface area contributed by atoms with Gasteiger partial charge in [0, 0.05) is 26.4 Å². The van der Waals surface area contributed by atoms with Gasteiger partial charge in [-0.1, -0.05) is 0 Å². The fourth-order valence-corrected chi connectivity index (χ4v) is 6.90. The number of anilines is 1. The van der Waals surface area contributed by atoms with Gasteiger partial charge in [-0.3, -0.25) is 9.59 Å². The van der Waals surface area contributed by atoms with E-state index in [4.69, 9.17) is 9.47 Å². The first kappa shape index (κ1) is 31.2. The number of carbonyl (C=O) groups excluding carboxylic acids is 3. The molecule has 2 aromatic rings. The van der Waals surface area contributed by atoms with Crippen molar-refractivity contribution in [2.75, 3.05) is 19.0 Å². The van der Waals surface area contributed by atoms with Gasteiger partial charge in [0.05, 0.1) is 29.8 Å². The van der Waals surface area contributed by atoms with Gasteiger partial charge in [0.1, 0.15) is 29.1 Å².